The zero-order valence-electron chi connectivity index (χ0n) is 14.3. The van der Waals surface area contributed by atoms with Crippen molar-refractivity contribution in [2.45, 2.75) is 19.3 Å². The minimum Gasteiger partial charge on any atom is -0.450 e. The average molecular weight is 364 g/mol. The zero-order chi connectivity index (χ0) is 17.5. The van der Waals surface area contributed by atoms with Crippen LogP contribution in [-0.4, -0.2) is 23.1 Å². The molecule has 4 nitrogen and oxygen atoms in total. The van der Waals surface area contributed by atoms with Crippen LogP contribution in [0.4, 0.5) is 5.82 Å². The quantitative estimate of drug-likeness (QED) is 0.459. The summed E-state index contributed by atoms with van der Waals surface area (Å²) >= 11 is 6.04. The number of hydrogen-bond acceptors (Lipinski definition) is 4. The highest BCUT2D eigenvalue weighted by Crippen LogP contribution is 2.35. The number of anilines is 1. The van der Waals surface area contributed by atoms with Gasteiger partial charge in [-0.25, -0.2) is 9.97 Å². The standard InChI is InChI=1S/C21H18ClN3O/c22-15-10-8-14(9-11-15)20-23-18-16-6-2-3-7-17(16)26-19(18)21(24-20)25-12-4-1-5-13-25/h2-3,6-11H,1,4-5,12-13H2. The molecule has 1 saturated heterocycles. The molecule has 26 heavy (non-hydrogen) atoms. The molecule has 5 heteroatoms. The second kappa shape index (κ2) is 6.29. The van der Waals surface area contributed by atoms with Crippen molar-refractivity contribution in [3.8, 4) is 11.4 Å². The molecule has 0 unspecified atom stereocenters. The van der Waals surface area contributed by atoms with E-state index >= 15 is 0 Å². The fourth-order valence-electron chi connectivity index (χ4n) is 3.62. The second-order valence-electron chi connectivity index (χ2n) is 6.70. The summed E-state index contributed by atoms with van der Waals surface area (Å²) in [6, 6.07) is 15.7. The van der Waals surface area contributed by atoms with Gasteiger partial charge in [0.25, 0.3) is 0 Å². The van der Waals surface area contributed by atoms with Crippen molar-refractivity contribution in [1.29, 1.82) is 0 Å². The van der Waals surface area contributed by atoms with Crippen molar-refractivity contribution in [2.75, 3.05) is 18.0 Å². The highest BCUT2D eigenvalue weighted by molar-refractivity contribution is 6.30. The maximum Gasteiger partial charge on any atom is 0.196 e. The third-order valence-electron chi connectivity index (χ3n) is 4.96. The molecule has 1 aliphatic heterocycles. The van der Waals surface area contributed by atoms with Crippen molar-refractivity contribution in [1.82, 2.24) is 9.97 Å². The van der Waals surface area contributed by atoms with Crippen molar-refractivity contribution >= 4 is 39.5 Å². The molecule has 0 radical (unpaired) electrons. The molecule has 4 aromatic rings. The smallest absolute Gasteiger partial charge is 0.196 e. The van der Waals surface area contributed by atoms with Gasteiger partial charge in [0.1, 0.15) is 11.1 Å². The normalized spacial score (nSPS) is 15.0. The van der Waals surface area contributed by atoms with Gasteiger partial charge in [0.05, 0.1) is 0 Å². The Morgan fingerprint density at radius 1 is 0.885 bits per heavy atom. The Labute approximate surface area is 156 Å². The third-order valence-corrected chi connectivity index (χ3v) is 5.21. The lowest BCUT2D eigenvalue weighted by atomic mass is 10.1. The number of hydrogen-bond donors (Lipinski definition) is 0. The lowest BCUT2D eigenvalue weighted by Gasteiger charge is -2.27. The summed E-state index contributed by atoms with van der Waals surface area (Å²) < 4.78 is 6.16. The number of nitrogens with zero attached hydrogens (tertiary/aromatic N) is 3. The largest absolute Gasteiger partial charge is 0.450 e. The molecule has 3 heterocycles. The van der Waals surface area contributed by atoms with Crippen LogP contribution >= 0.6 is 11.6 Å². The fraction of sp³-hybridized carbons (Fsp3) is 0.238. The van der Waals surface area contributed by atoms with Crippen LogP contribution < -0.4 is 4.90 Å². The highest BCUT2D eigenvalue weighted by Gasteiger charge is 2.22. The summed E-state index contributed by atoms with van der Waals surface area (Å²) in [6.45, 7) is 2.01. The second-order valence-corrected chi connectivity index (χ2v) is 7.14. The maximum atomic E-state index is 6.16. The molecule has 5 rings (SSSR count). The predicted molar refractivity (Wildman–Crippen MR) is 106 cm³/mol. The lowest BCUT2D eigenvalue weighted by Crippen LogP contribution is -2.30. The van der Waals surface area contributed by atoms with Crippen molar-refractivity contribution in [3.63, 3.8) is 0 Å². The summed E-state index contributed by atoms with van der Waals surface area (Å²) in [5.74, 6) is 1.61. The van der Waals surface area contributed by atoms with Crippen molar-refractivity contribution in [2.24, 2.45) is 0 Å². The number of furan rings is 1. The molecule has 0 saturated carbocycles. The summed E-state index contributed by atoms with van der Waals surface area (Å²) in [5, 5.41) is 1.73. The number of para-hydroxylation sites is 1. The Kier molecular flexibility index (Phi) is 3.79. The Balaban J connectivity index is 1.77. The highest BCUT2D eigenvalue weighted by atomic mass is 35.5. The Hall–Kier alpha value is -2.59. The van der Waals surface area contributed by atoms with E-state index in [-0.39, 0.29) is 0 Å². The monoisotopic (exact) mass is 363 g/mol. The molecular weight excluding hydrogens is 346 g/mol. The Morgan fingerprint density at radius 2 is 1.65 bits per heavy atom. The molecule has 0 N–H and O–H groups in total. The van der Waals surface area contributed by atoms with E-state index in [4.69, 9.17) is 26.0 Å². The molecule has 0 amide bonds. The number of halogens is 1. The first-order valence-electron chi connectivity index (χ1n) is 9.00. The molecule has 0 spiro atoms. The molecule has 0 bridgehead atoms. The van der Waals surface area contributed by atoms with Gasteiger partial charge in [-0.05, 0) is 55.7 Å². The first-order chi connectivity index (χ1) is 12.8. The summed E-state index contributed by atoms with van der Waals surface area (Å²) in [7, 11) is 0. The van der Waals surface area contributed by atoms with E-state index in [1.165, 1.54) is 19.3 Å². The van der Waals surface area contributed by atoms with Gasteiger partial charge in [-0.2, -0.15) is 0 Å². The molecular formula is C21H18ClN3O. The van der Waals surface area contributed by atoms with Crippen LogP contribution in [0.2, 0.25) is 5.02 Å². The number of piperidine rings is 1. The van der Waals surface area contributed by atoms with Crippen LogP contribution in [0.3, 0.4) is 0 Å². The lowest BCUT2D eigenvalue weighted by molar-refractivity contribution is 0.569. The van der Waals surface area contributed by atoms with Gasteiger partial charge >= 0.3 is 0 Å². The maximum absolute atomic E-state index is 6.16. The van der Waals surface area contributed by atoms with Gasteiger partial charge in [0.2, 0.25) is 0 Å². The van der Waals surface area contributed by atoms with E-state index in [0.717, 1.165) is 46.5 Å². The van der Waals surface area contributed by atoms with Crippen LogP contribution in [-0.2, 0) is 0 Å². The molecule has 1 aliphatic rings. The van der Waals surface area contributed by atoms with Gasteiger partial charge in [-0.3, -0.25) is 0 Å². The summed E-state index contributed by atoms with van der Waals surface area (Å²) in [5.41, 5.74) is 3.47. The van der Waals surface area contributed by atoms with Crippen molar-refractivity contribution in [3.05, 3.63) is 53.6 Å². The van der Waals surface area contributed by atoms with Gasteiger partial charge in [0, 0.05) is 29.1 Å². The first-order valence-corrected chi connectivity index (χ1v) is 9.37. The third kappa shape index (κ3) is 2.61. The summed E-state index contributed by atoms with van der Waals surface area (Å²) in [4.78, 5) is 12.1. The molecule has 130 valence electrons. The topological polar surface area (TPSA) is 42.2 Å². The van der Waals surface area contributed by atoms with E-state index in [2.05, 4.69) is 11.0 Å². The SMILES string of the molecule is Clc1ccc(-c2nc(N3CCCCC3)c3oc4ccccc4c3n2)cc1. The van der Waals surface area contributed by atoms with Gasteiger partial charge < -0.3 is 9.32 Å². The molecule has 2 aromatic carbocycles. The fourth-order valence-corrected chi connectivity index (χ4v) is 3.75. The number of fused-ring (bicyclic) bond motifs is 3. The Morgan fingerprint density at radius 3 is 2.46 bits per heavy atom. The molecule has 2 aromatic heterocycles. The predicted octanol–water partition coefficient (Wildman–Crippen LogP) is 5.69. The van der Waals surface area contributed by atoms with Crippen LogP contribution in [0.1, 0.15) is 19.3 Å². The van der Waals surface area contributed by atoms with E-state index in [1.807, 2.05) is 42.5 Å². The van der Waals surface area contributed by atoms with Gasteiger partial charge in [-0.1, -0.05) is 23.7 Å². The van der Waals surface area contributed by atoms with E-state index in [9.17, 15) is 0 Å². The number of aromatic nitrogens is 2. The van der Waals surface area contributed by atoms with Crippen LogP contribution in [0.15, 0.2) is 52.9 Å². The minimum atomic E-state index is 0.708. The van der Waals surface area contributed by atoms with Crippen LogP contribution in [0.5, 0.6) is 0 Å². The Bertz CT molecular complexity index is 1080. The first kappa shape index (κ1) is 15.6. The van der Waals surface area contributed by atoms with Crippen molar-refractivity contribution < 1.29 is 4.42 Å². The minimum absolute atomic E-state index is 0.708. The van der Waals surface area contributed by atoms with Gasteiger partial charge in [-0.15, -0.1) is 0 Å². The average Bonchev–Trinajstić information content (AvgIpc) is 3.07. The van der Waals surface area contributed by atoms with E-state index < -0.39 is 0 Å². The van der Waals surface area contributed by atoms with Crippen LogP contribution in [0.25, 0.3) is 33.5 Å². The molecule has 0 aliphatic carbocycles. The van der Waals surface area contributed by atoms with Gasteiger partial charge in [0.15, 0.2) is 17.2 Å². The summed E-state index contributed by atoms with van der Waals surface area (Å²) in [6.07, 6.45) is 3.64. The number of benzene rings is 2. The number of rotatable bonds is 2. The van der Waals surface area contributed by atoms with E-state index in [1.54, 1.807) is 0 Å². The van der Waals surface area contributed by atoms with E-state index in [0.29, 0.717) is 10.8 Å². The van der Waals surface area contributed by atoms with Crippen LogP contribution in [0, 0.1) is 0 Å². The zero-order valence-corrected chi connectivity index (χ0v) is 15.0. The molecule has 1 fully saturated rings. The molecule has 0 atom stereocenters.